The third-order valence-corrected chi connectivity index (χ3v) is 10.6. The standard InChI is InChI=1S/C43H57N3O19/c1-4-27(16-47)62-38(19-50)60-23-29(64-39(20-51)59-21-28(17-48)63-37(18-49)57-3)22-58-35(53)11-10-34(52)44-14-36(54)65-43(5-2)31-13-33-40-26(12-25-8-6-7-9-32(25)45-40)15-46(33)41(55)30(31)24-61-42(43)56/h6-9,12-13,27-29,37-39,47-51H,4-5,10-11,14-24H2,1-3H3,(H,44,52)/t27?,28?,29?,37?,38?,39?,43-/m1/s1. The highest BCUT2D eigenvalue weighted by Gasteiger charge is 2.50. The van der Waals surface area contributed by atoms with Crippen LogP contribution in [0.4, 0.5) is 0 Å². The smallest absolute Gasteiger partial charge is 0.355 e. The van der Waals surface area contributed by atoms with Gasteiger partial charge in [0.15, 0.2) is 18.9 Å². The number of carbonyl (C=O) groups is 4. The van der Waals surface area contributed by atoms with Gasteiger partial charge < -0.3 is 78.0 Å². The fourth-order valence-corrected chi connectivity index (χ4v) is 7.09. The largest absolute Gasteiger partial charge is 0.463 e. The average Bonchev–Trinajstić information content (AvgIpc) is 3.68. The molecule has 2 aromatic heterocycles. The molecule has 0 spiro atoms. The van der Waals surface area contributed by atoms with Gasteiger partial charge in [0.1, 0.15) is 32.0 Å². The zero-order valence-corrected chi connectivity index (χ0v) is 36.4. The van der Waals surface area contributed by atoms with Crippen molar-refractivity contribution in [3.8, 4) is 11.4 Å². The summed E-state index contributed by atoms with van der Waals surface area (Å²) in [6, 6.07) is 11.1. The fourth-order valence-electron chi connectivity index (χ4n) is 7.09. The molecule has 22 heteroatoms. The number of amides is 1. The molecule has 22 nitrogen and oxygen atoms in total. The van der Waals surface area contributed by atoms with E-state index in [1.54, 1.807) is 24.5 Å². The predicted octanol–water partition coefficient (Wildman–Crippen LogP) is -0.745. The monoisotopic (exact) mass is 919 g/mol. The van der Waals surface area contributed by atoms with E-state index in [-0.39, 0.29) is 43.9 Å². The van der Waals surface area contributed by atoms with Crippen LogP contribution >= 0.6 is 0 Å². The Balaban J connectivity index is 1.17. The first-order valence-electron chi connectivity index (χ1n) is 21.1. The molecule has 0 saturated heterocycles. The molecule has 7 atom stereocenters. The van der Waals surface area contributed by atoms with Gasteiger partial charge in [0.2, 0.25) is 11.5 Å². The van der Waals surface area contributed by atoms with Gasteiger partial charge in [-0.3, -0.25) is 19.2 Å². The maximum absolute atomic E-state index is 13.8. The Bertz CT molecular complexity index is 2140. The second kappa shape index (κ2) is 24.5. The zero-order valence-electron chi connectivity index (χ0n) is 36.4. The van der Waals surface area contributed by atoms with Crippen LogP contribution in [0.5, 0.6) is 0 Å². The average molecular weight is 920 g/mol. The van der Waals surface area contributed by atoms with E-state index in [1.807, 2.05) is 30.3 Å². The van der Waals surface area contributed by atoms with E-state index in [9.17, 15) is 49.5 Å². The first-order valence-corrected chi connectivity index (χ1v) is 21.1. The number of nitrogens with one attached hydrogen (secondary N) is 1. The third-order valence-electron chi connectivity index (χ3n) is 10.6. The van der Waals surface area contributed by atoms with Crippen molar-refractivity contribution in [3.63, 3.8) is 0 Å². The number of carbonyl (C=O) groups excluding carboxylic acids is 4. The van der Waals surface area contributed by atoms with Crippen molar-refractivity contribution in [1.82, 2.24) is 14.9 Å². The van der Waals surface area contributed by atoms with Crippen molar-refractivity contribution in [2.75, 3.05) is 66.5 Å². The number of aromatic nitrogens is 2. The van der Waals surface area contributed by atoms with Crippen molar-refractivity contribution in [2.24, 2.45) is 0 Å². The van der Waals surface area contributed by atoms with Gasteiger partial charge in [0, 0.05) is 30.0 Å². The maximum atomic E-state index is 13.8. The SMILES string of the molecule is CCC(CO)OC(CO)OCC(COC(=O)CCC(=O)NCC(=O)O[C@@]1(CC)C(=O)OCc2c1cc1n(c2=O)Cc2cc3ccccc3nc2-1)OC(CO)OCC(CO)OC(CO)OC. The number of methoxy groups -OCH3 is 1. The Labute approximate surface area is 373 Å². The van der Waals surface area contributed by atoms with Crippen LogP contribution in [0.25, 0.3) is 22.3 Å². The molecule has 1 amide bonds. The highest BCUT2D eigenvalue weighted by Crippen LogP contribution is 2.41. The molecule has 1 aromatic carbocycles. The molecule has 358 valence electrons. The van der Waals surface area contributed by atoms with Crippen molar-refractivity contribution >= 4 is 34.7 Å². The van der Waals surface area contributed by atoms with Crippen molar-refractivity contribution in [2.45, 2.75) is 95.5 Å². The van der Waals surface area contributed by atoms with Gasteiger partial charge in [-0.15, -0.1) is 0 Å². The summed E-state index contributed by atoms with van der Waals surface area (Å²) in [6.45, 7) is -1.43. The molecule has 2 aliphatic heterocycles. The molecule has 4 heterocycles. The molecule has 0 radical (unpaired) electrons. The summed E-state index contributed by atoms with van der Waals surface area (Å²) < 4.78 is 50.7. The highest BCUT2D eigenvalue weighted by atomic mass is 16.7. The summed E-state index contributed by atoms with van der Waals surface area (Å²) in [7, 11) is 1.28. The van der Waals surface area contributed by atoms with E-state index in [0.29, 0.717) is 23.3 Å². The fraction of sp³-hybridized carbons (Fsp3) is 0.581. The van der Waals surface area contributed by atoms with Crippen LogP contribution in [-0.2, 0) is 80.6 Å². The molecular formula is C43H57N3O19. The summed E-state index contributed by atoms with van der Waals surface area (Å²) in [6.07, 6.45) is -7.11. The number of cyclic esters (lactones) is 1. The summed E-state index contributed by atoms with van der Waals surface area (Å²) >= 11 is 0. The molecule has 0 bridgehead atoms. The van der Waals surface area contributed by atoms with Gasteiger partial charge in [-0.05, 0) is 31.0 Å². The number of aliphatic hydroxyl groups is 5. The number of fused-ring (bicyclic) bond motifs is 5. The normalized spacial score (nSPS) is 18.1. The second-order valence-corrected chi connectivity index (χ2v) is 15.0. The maximum Gasteiger partial charge on any atom is 0.355 e. The number of esters is 3. The first kappa shape index (κ1) is 51.0. The Morgan fingerprint density at radius 2 is 1.49 bits per heavy atom. The number of para-hydroxylation sites is 1. The Morgan fingerprint density at radius 1 is 0.831 bits per heavy atom. The van der Waals surface area contributed by atoms with E-state index in [4.69, 9.17) is 47.6 Å². The van der Waals surface area contributed by atoms with Gasteiger partial charge >= 0.3 is 17.9 Å². The lowest BCUT2D eigenvalue weighted by molar-refractivity contribution is -0.252. The van der Waals surface area contributed by atoms with Crippen molar-refractivity contribution in [1.29, 1.82) is 0 Å². The van der Waals surface area contributed by atoms with Crippen LogP contribution in [0.2, 0.25) is 0 Å². The number of rotatable bonds is 28. The minimum absolute atomic E-state index is 0.0984. The number of aliphatic hydroxyl groups excluding tert-OH is 5. The lowest BCUT2D eigenvalue weighted by atomic mass is 9.85. The zero-order chi connectivity index (χ0) is 47.1. The van der Waals surface area contributed by atoms with Gasteiger partial charge in [-0.1, -0.05) is 32.0 Å². The molecule has 6 N–H and O–H groups in total. The van der Waals surface area contributed by atoms with Crippen molar-refractivity contribution in [3.05, 3.63) is 63.4 Å². The van der Waals surface area contributed by atoms with E-state index in [2.05, 4.69) is 5.32 Å². The quantitative estimate of drug-likeness (QED) is 0.0232. The first-order chi connectivity index (χ1) is 31.4. The van der Waals surface area contributed by atoms with Gasteiger partial charge in [0.25, 0.3) is 5.56 Å². The summed E-state index contributed by atoms with van der Waals surface area (Å²) in [5, 5.41) is 51.5. The minimum atomic E-state index is -2.00. The lowest BCUT2D eigenvalue weighted by Gasteiger charge is -2.35. The number of benzene rings is 1. The molecule has 0 aliphatic carbocycles. The molecule has 65 heavy (non-hydrogen) atoms. The molecular weight excluding hydrogens is 862 g/mol. The minimum Gasteiger partial charge on any atom is -0.463 e. The van der Waals surface area contributed by atoms with E-state index < -0.39 is 131 Å². The van der Waals surface area contributed by atoms with E-state index in [0.717, 1.165) is 10.9 Å². The van der Waals surface area contributed by atoms with E-state index >= 15 is 0 Å². The third kappa shape index (κ3) is 12.9. The Hall–Kier alpha value is -4.98. The number of hydrogen-bond donors (Lipinski definition) is 6. The molecule has 0 fully saturated rings. The molecule has 0 saturated carbocycles. The molecule has 6 unspecified atom stereocenters. The van der Waals surface area contributed by atoms with Crippen LogP contribution in [-0.4, -0.2) is 163 Å². The topological polar surface area (TPSA) is 299 Å². The molecule has 5 rings (SSSR count). The van der Waals surface area contributed by atoms with Gasteiger partial charge in [0.05, 0.1) is 87.8 Å². The van der Waals surface area contributed by atoms with Crippen LogP contribution in [0.15, 0.2) is 41.2 Å². The van der Waals surface area contributed by atoms with Gasteiger partial charge in [-0.2, -0.15) is 0 Å². The summed E-state index contributed by atoms with van der Waals surface area (Å²) in [5.41, 5.74) is 0.422. The number of nitrogens with zero attached hydrogens (tertiary/aromatic N) is 2. The number of hydrogen-bond acceptors (Lipinski definition) is 20. The van der Waals surface area contributed by atoms with E-state index in [1.165, 1.54) is 7.11 Å². The lowest BCUT2D eigenvalue weighted by Crippen LogP contribution is -2.48. The number of pyridine rings is 2. The molecule has 2 aliphatic rings. The predicted molar refractivity (Wildman–Crippen MR) is 222 cm³/mol. The van der Waals surface area contributed by atoms with Crippen LogP contribution in [0.3, 0.4) is 0 Å². The second-order valence-electron chi connectivity index (χ2n) is 15.0. The van der Waals surface area contributed by atoms with Crippen LogP contribution in [0, 0.1) is 0 Å². The van der Waals surface area contributed by atoms with Crippen LogP contribution in [0.1, 0.15) is 56.2 Å². The summed E-state index contributed by atoms with van der Waals surface area (Å²) in [5.74, 6) is -3.53. The van der Waals surface area contributed by atoms with Gasteiger partial charge in [-0.25, -0.2) is 9.78 Å². The Morgan fingerprint density at radius 3 is 2.14 bits per heavy atom. The number of ether oxygens (including phenoxy) is 9. The highest BCUT2D eigenvalue weighted by molar-refractivity contribution is 5.90. The van der Waals surface area contributed by atoms with Crippen LogP contribution < -0.4 is 10.9 Å². The summed E-state index contributed by atoms with van der Waals surface area (Å²) in [4.78, 5) is 70.9. The molecule has 3 aromatic rings. The van der Waals surface area contributed by atoms with Crippen molar-refractivity contribution < 1.29 is 87.3 Å². The Kier molecular flexibility index (Phi) is 19.2.